The molecule has 0 spiro atoms. The van der Waals surface area contributed by atoms with Gasteiger partial charge >= 0.3 is 0 Å². The topological polar surface area (TPSA) is 185 Å². The molecule has 0 amide bonds. The molecule has 1 aliphatic rings. The summed E-state index contributed by atoms with van der Waals surface area (Å²) in [5.41, 5.74) is 2.60. The predicted molar refractivity (Wildman–Crippen MR) is 198 cm³/mol. The van der Waals surface area contributed by atoms with Crippen molar-refractivity contribution in [3.8, 4) is 0 Å². The number of hydrogen-bond acceptors (Lipinski definition) is 9. The molecule has 3 rings (SSSR count). The van der Waals surface area contributed by atoms with Crippen LogP contribution in [0.15, 0.2) is 107 Å². The van der Waals surface area contributed by atoms with Crippen LogP contribution in [0, 0.1) is 6.92 Å². The largest absolute Gasteiger partial charge is 0.385 e. The second kappa shape index (κ2) is 16.9. The Hall–Kier alpha value is -3.41. The summed E-state index contributed by atoms with van der Waals surface area (Å²) in [5.74, 6) is -0.479. The second-order valence-electron chi connectivity index (χ2n) is 12.8. The molecule has 0 aliphatic carbocycles. The van der Waals surface area contributed by atoms with Gasteiger partial charge in [-0.3, -0.25) is 13.7 Å². The molecule has 0 radical (unpaired) electrons. The Labute approximate surface area is 302 Å². The maximum atomic E-state index is 12.0. The van der Waals surface area contributed by atoms with Gasteiger partial charge < -0.3 is 14.4 Å². The normalized spacial score (nSPS) is 19.1. The first-order valence-electron chi connectivity index (χ1n) is 16.0. The van der Waals surface area contributed by atoms with Crippen LogP contribution < -0.4 is 4.90 Å². The number of hydrogen-bond donors (Lipinski definition) is 3. The van der Waals surface area contributed by atoms with Crippen molar-refractivity contribution in [2.45, 2.75) is 60.7 Å². The Bertz CT molecular complexity index is 2050. The van der Waals surface area contributed by atoms with Gasteiger partial charge in [-0.25, -0.2) is 0 Å². The summed E-state index contributed by atoms with van der Waals surface area (Å²) in [5, 5.41) is 0. The summed E-state index contributed by atoms with van der Waals surface area (Å²) in [6.07, 6.45) is 13.4. The van der Waals surface area contributed by atoms with E-state index in [0.29, 0.717) is 48.6 Å². The van der Waals surface area contributed by atoms with Crippen LogP contribution in [0.4, 0.5) is 5.69 Å². The molecule has 2 unspecified atom stereocenters. The molecule has 51 heavy (non-hydrogen) atoms. The number of ether oxygens (including phenoxy) is 2. The lowest BCUT2D eigenvalue weighted by Gasteiger charge is -2.33. The summed E-state index contributed by atoms with van der Waals surface area (Å²) in [4.78, 5) is 1.46. The van der Waals surface area contributed by atoms with Crippen LogP contribution in [0.25, 0.3) is 0 Å². The first kappa shape index (κ1) is 42.0. The molecule has 3 N–H and O–H groups in total. The lowest BCUT2D eigenvalue weighted by Crippen LogP contribution is -2.31. The van der Waals surface area contributed by atoms with Gasteiger partial charge in [-0.1, -0.05) is 56.0 Å². The molecule has 1 aliphatic heterocycles. The number of fused-ring (bicyclic) bond motifs is 1. The van der Waals surface area contributed by atoms with E-state index in [9.17, 15) is 38.9 Å². The van der Waals surface area contributed by atoms with E-state index in [4.69, 9.17) is 9.47 Å². The third-order valence-electron chi connectivity index (χ3n) is 9.22. The van der Waals surface area contributed by atoms with Crippen LogP contribution in [0.5, 0.6) is 0 Å². The van der Waals surface area contributed by atoms with Crippen molar-refractivity contribution in [3.63, 3.8) is 0 Å². The Kier molecular flexibility index (Phi) is 14.0. The zero-order valence-corrected chi connectivity index (χ0v) is 31.9. The van der Waals surface area contributed by atoms with E-state index in [1.807, 2.05) is 37.8 Å². The maximum absolute atomic E-state index is 12.0. The van der Waals surface area contributed by atoms with Crippen LogP contribution in [-0.2, 0) is 50.7 Å². The smallest absolute Gasteiger partial charge is 0.294 e. The number of methoxy groups -OCH3 is 2. The Morgan fingerprint density at radius 2 is 1.47 bits per heavy atom. The van der Waals surface area contributed by atoms with E-state index in [1.54, 1.807) is 56.7 Å². The fourth-order valence-corrected chi connectivity index (χ4v) is 7.83. The molecule has 1 heterocycles. The molecule has 2 atom stereocenters. The number of benzene rings is 2. The van der Waals surface area contributed by atoms with Gasteiger partial charge in [-0.2, -0.15) is 25.3 Å². The molecule has 2 aromatic rings. The number of allylic oxidation sites excluding steroid dienone is 9. The SMILES string of the molecule is C=C(/C=C/C=C/C=C/C=C1/N(CCOC)c2ccc(S(=O)(=O)O)cc2C1(C)CCCS(=O)(=O)O)C(C)(CCOC)c1cc(S(=O)(=O)O)ccc1C. The van der Waals surface area contributed by atoms with E-state index >= 15 is 0 Å². The first-order valence-corrected chi connectivity index (χ1v) is 20.5. The highest BCUT2D eigenvalue weighted by Crippen LogP contribution is 2.51. The van der Waals surface area contributed by atoms with Gasteiger partial charge in [0.05, 0.1) is 22.2 Å². The zero-order chi connectivity index (χ0) is 38.3. The molecule has 0 bridgehead atoms. The summed E-state index contributed by atoms with van der Waals surface area (Å²) in [6.45, 7) is 11.0. The van der Waals surface area contributed by atoms with Gasteiger partial charge in [-0.15, -0.1) is 0 Å². The first-order chi connectivity index (χ1) is 23.7. The van der Waals surface area contributed by atoms with Crippen molar-refractivity contribution in [1.82, 2.24) is 0 Å². The lowest BCUT2D eigenvalue weighted by atomic mass is 9.72. The van der Waals surface area contributed by atoms with E-state index in [0.717, 1.165) is 11.3 Å². The third kappa shape index (κ3) is 10.6. The minimum Gasteiger partial charge on any atom is -0.385 e. The number of nitrogens with zero attached hydrogens (tertiary/aromatic N) is 1. The number of rotatable bonds is 18. The highest BCUT2D eigenvalue weighted by molar-refractivity contribution is 7.86. The second-order valence-corrected chi connectivity index (χ2v) is 17.2. The predicted octanol–water partition coefficient (Wildman–Crippen LogP) is 5.98. The van der Waals surface area contributed by atoms with Crippen molar-refractivity contribution in [3.05, 3.63) is 113 Å². The number of aryl methyl sites for hydroxylation is 1. The van der Waals surface area contributed by atoms with Crippen molar-refractivity contribution in [1.29, 1.82) is 0 Å². The monoisotopic (exact) mass is 765 g/mol. The van der Waals surface area contributed by atoms with Crippen LogP contribution in [-0.4, -0.2) is 78.6 Å². The molecule has 2 aromatic carbocycles. The van der Waals surface area contributed by atoms with E-state index in [1.165, 1.54) is 24.3 Å². The standard InChI is InChI=1S/C36H47NO11S3/c1-27-15-16-29(50(41,42)43)25-31(27)35(3,20-22-47-5)28(2)13-10-8-7-9-11-14-34-36(4,19-12-24-49(38,39)40)32-26-30(51(44,45)46)17-18-33(32)37(34)21-23-48-6/h7-11,13-18,25-26H,2,12,19-24H2,1,3-6H3,(H,38,39,40)(H,41,42,43)(H,44,45,46)/b8-7+,11-9+,13-10+,34-14+. The molecule has 0 saturated carbocycles. The van der Waals surface area contributed by atoms with Gasteiger partial charge in [-0.05, 0) is 91.8 Å². The van der Waals surface area contributed by atoms with Crippen LogP contribution in [0.3, 0.4) is 0 Å². The minimum absolute atomic E-state index is 0.0849. The Balaban J connectivity index is 1.95. The molecule has 0 saturated heterocycles. The van der Waals surface area contributed by atoms with Crippen LogP contribution in [0.1, 0.15) is 49.8 Å². The average Bonchev–Trinajstić information content (AvgIpc) is 3.26. The van der Waals surface area contributed by atoms with Gasteiger partial charge in [0.15, 0.2) is 0 Å². The van der Waals surface area contributed by atoms with Crippen molar-refractivity contribution in [2.24, 2.45) is 0 Å². The fourth-order valence-electron chi connectivity index (χ4n) is 6.31. The molecular formula is C36H47NO11S3. The quantitative estimate of drug-likeness (QED) is 0.119. The minimum atomic E-state index is -4.52. The molecular weight excluding hydrogens is 719 g/mol. The van der Waals surface area contributed by atoms with Crippen LogP contribution in [0.2, 0.25) is 0 Å². The van der Waals surface area contributed by atoms with E-state index < -0.39 is 46.9 Å². The Morgan fingerprint density at radius 1 is 0.882 bits per heavy atom. The van der Waals surface area contributed by atoms with Gasteiger partial charge in [0.25, 0.3) is 30.4 Å². The van der Waals surface area contributed by atoms with Gasteiger partial charge in [0, 0.05) is 49.6 Å². The fraction of sp³-hybridized carbons (Fsp3) is 0.389. The van der Waals surface area contributed by atoms with Crippen LogP contribution >= 0.6 is 0 Å². The van der Waals surface area contributed by atoms with E-state index in [2.05, 4.69) is 6.58 Å². The van der Waals surface area contributed by atoms with Gasteiger partial charge in [0.2, 0.25) is 0 Å². The van der Waals surface area contributed by atoms with Crippen molar-refractivity contribution < 1.29 is 48.4 Å². The Morgan fingerprint density at radius 3 is 2.08 bits per heavy atom. The number of anilines is 1. The zero-order valence-electron chi connectivity index (χ0n) is 29.4. The lowest BCUT2D eigenvalue weighted by molar-refractivity contribution is 0.178. The molecule has 12 nitrogen and oxygen atoms in total. The summed E-state index contributed by atoms with van der Waals surface area (Å²) >= 11 is 0. The molecule has 0 fully saturated rings. The average molecular weight is 766 g/mol. The highest BCUT2D eigenvalue weighted by Gasteiger charge is 2.43. The molecule has 280 valence electrons. The van der Waals surface area contributed by atoms with E-state index in [-0.39, 0.29) is 22.6 Å². The highest BCUT2D eigenvalue weighted by atomic mass is 32.2. The van der Waals surface area contributed by atoms with Crippen molar-refractivity contribution in [2.75, 3.05) is 44.6 Å². The summed E-state index contributed by atoms with van der Waals surface area (Å²) < 4.78 is 110. The molecule has 15 heteroatoms. The summed E-state index contributed by atoms with van der Waals surface area (Å²) in [7, 11) is -10.0. The summed E-state index contributed by atoms with van der Waals surface area (Å²) in [6, 6.07) is 8.75. The molecule has 0 aromatic heterocycles. The van der Waals surface area contributed by atoms with Crippen molar-refractivity contribution >= 4 is 36.0 Å². The maximum Gasteiger partial charge on any atom is 0.294 e. The third-order valence-corrected chi connectivity index (χ3v) is 11.7. The van der Waals surface area contributed by atoms with Gasteiger partial charge in [0.1, 0.15) is 0 Å².